The molecule has 0 saturated carbocycles. The molecule has 0 saturated heterocycles. The third kappa shape index (κ3) is 9.37. The number of nitrogens with one attached hydrogen (secondary N) is 2. The van der Waals surface area contributed by atoms with Crippen molar-refractivity contribution in [3.8, 4) is 0 Å². The van der Waals surface area contributed by atoms with Gasteiger partial charge in [-0.25, -0.2) is 0 Å². The van der Waals surface area contributed by atoms with E-state index in [-0.39, 0.29) is 22.6 Å². The molecule has 0 heterocycles. The fraction of sp³-hybridized carbons (Fsp3) is 0.387. The molecule has 1 aliphatic carbocycles. The highest BCUT2D eigenvalue weighted by Gasteiger charge is 2.26. The number of benzene rings is 1. The van der Waals surface area contributed by atoms with Gasteiger partial charge in [-0.05, 0) is 81.2 Å². The highest BCUT2D eigenvalue weighted by Crippen LogP contribution is 2.40. The molecule has 0 aliphatic heterocycles. The molecular formula is C31H41N3O3. The molecule has 37 heavy (non-hydrogen) atoms. The Bertz CT molecular complexity index is 1180. The zero-order valence-corrected chi connectivity index (χ0v) is 23.0. The van der Waals surface area contributed by atoms with Gasteiger partial charge in [0, 0.05) is 18.2 Å². The summed E-state index contributed by atoms with van der Waals surface area (Å²) in [5, 5.41) is 5.46. The van der Waals surface area contributed by atoms with Gasteiger partial charge in [0.25, 0.3) is 5.91 Å². The van der Waals surface area contributed by atoms with Gasteiger partial charge in [-0.1, -0.05) is 62.3 Å². The maximum absolute atomic E-state index is 12.6. The molecule has 0 fully saturated rings. The van der Waals surface area contributed by atoms with Gasteiger partial charge in [0.05, 0.1) is 11.3 Å². The number of rotatable bonds is 10. The molecule has 0 spiro atoms. The molecule has 0 unspecified atom stereocenters. The lowest BCUT2D eigenvalue weighted by Crippen LogP contribution is -2.19. The summed E-state index contributed by atoms with van der Waals surface area (Å²) in [7, 11) is 0. The zero-order valence-electron chi connectivity index (χ0n) is 23.0. The summed E-state index contributed by atoms with van der Waals surface area (Å²) < 4.78 is 0. The lowest BCUT2D eigenvalue weighted by molar-refractivity contribution is -0.116. The highest BCUT2D eigenvalue weighted by molar-refractivity contribution is 6.07. The number of carbonyl (C=O) groups excluding carboxylic acids is 3. The monoisotopic (exact) mass is 503 g/mol. The number of hydrogen-bond donors (Lipinski definition) is 3. The van der Waals surface area contributed by atoms with Crippen molar-refractivity contribution in [2.24, 2.45) is 11.1 Å². The number of nitrogens with two attached hydrogens (primary N) is 1. The van der Waals surface area contributed by atoms with Crippen LogP contribution in [0.5, 0.6) is 0 Å². The van der Waals surface area contributed by atoms with Crippen LogP contribution in [-0.4, -0.2) is 17.7 Å². The van der Waals surface area contributed by atoms with Crippen LogP contribution in [-0.2, 0) is 9.59 Å². The van der Waals surface area contributed by atoms with Crippen LogP contribution in [0.25, 0.3) is 0 Å². The van der Waals surface area contributed by atoms with Gasteiger partial charge in [-0.3, -0.25) is 14.4 Å². The first-order valence-electron chi connectivity index (χ1n) is 12.9. The van der Waals surface area contributed by atoms with Gasteiger partial charge in [0.1, 0.15) is 0 Å². The second kappa shape index (κ2) is 13.6. The average Bonchev–Trinajstić information content (AvgIpc) is 2.78. The molecule has 6 heteroatoms. The maximum atomic E-state index is 12.6. The van der Waals surface area contributed by atoms with Gasteiger partial charge < -0.3 is 16.4 Å². The number of primary amides is 1. The SMILES string of the molecule is CCCC(=O)Nc1ccc(C(N)=O)c(NC(=O)C=C(C)C=CC=C(C)C=CC2=C(C)CCCC2(C)C)c1. The number of allylic oxidation sites excluding steroid dienone is 9. The summed E-state index contributed by atoms with van der Waals surface area (Å²) in [6, 6.07) is 4.61. The van der Waals surface area contributed by atoms with Crippen molar-refractivity contribution in [3.05, 3.63) is 82.5 Å². The normalized spacial score (nSPS) is 16.4. The Morgan fingerprint density at radius 3 is 2.46 bits per heavy atom. The van der Waals surface area contributed by atoms with Crippen LogP contribution in [0.15, 0.2) is 76.9 Å². The third-order valence-electron chi connectivity index (χ3n) is 6.44. The largest absolute Gasteiger partial charge is 0.366 e. The molecule has 1 aromatic rings. The van der Waals surface area contributed by atoms with Crippen molar-refractivity contribution in [1.82, 2.24) is 0 Å². The zero-order chi connectivity index (χ0) is 27.6. The van der Waals surface area contributed by atoms with Crippen LogP contribution in [0.3, 0.4) is 0 Å². The van der Waals surface area contributed by atoms with Gasteiger partial charge in [-0.15, -0.1) is 0 Å². The molecule has 0 aromatic heterocycles. The Morgan fingerprint density at radius 1 is 1.08 bits per heavy atom. The van der Waals surface area contributed by atoms with Crippen LogP contribution in [0.2, 0.25) is 0 Å². The Kier molecular flexibility index (Phi) is 10.9. The molecule has 2 rings (SSSR count). The van der Waals surface area contributed by atoms with Gasteiger partial charge in [-0.2, -0.15) is 0 Å². The van der Waals surface area contributed by atoms with E-state index < -0.39 is 11.8 Å². The number of carbonyl (C=O) groups is 3. The number of amides is 3. The smallest absolute Gasteiger partial charge is 0.250 e. The molecule has 6 nitrogen and oxygen atoms in total. The van der Waals surface area contributed by atoms with E-state index in [2.05, 4.69) is 50.5 Å². The second-order valence-electron chi connectivity index (χ2n) is 10.3. The first-order chi connectivity index (χ1) is 17.4. The van der Waals surface area contributed by atoms with Crippen molar-refractivity contribution >= 4 is 29.1 Å². The van der Waals surface area contributed by atoms with Crippen LogP contribution in [0, 0.1) is 5.41 Å². The Morgan fingerprint density at radius 2 is 1.81 bits per heavy atom. The molecule has 1 aromatic carbocycles. The van der Waals surface area contributed by atoms with E-state index >= 15 is 0 Å². The summed E-state index contributed by atoms with van der Waals surface area (Å²) in [5.74, 6) is -1.21. The first-order valence-corrected chi connectivity index (χ1v) is 12.9. The highest BCUT2D eigenvalue weighted by atomic mass is 16.2. The molecule has 0 atom stereocenters. The van der Waals surface area contributed by atoms with Crippen molar-refractivity contribution in [1.29, 1.82) is 0 Å². The molecular weight excluding hydrogens is 462 g/mol. The predicted octanol–water partition coefficient (Wildman–Crippen LogP) is 6.99. The van der Waals surface area contributed by atoms with Crippen molar-refractivity contribution in [3.63, 3.8) is 0 Å². The van der Waals surface area contributed by atoms with E-state index in [4.69, 9.17) is 5.73 Å². The molecule has 3 amide bonds. The van der Waals surface area contributed by atoms with Crippen LogP contribution >= 0.6 is 0 Å². The quantitative estimate of drug-likeness (QED) is 0.237. The Labute approximate surface area is 221 Å². The molecule has 198 valence electrons. The second-order valence-corrected chi connectivity index (χ2v) is 10.3. The lowest BCUT2D eigenvalue weighted by atomic mass is 9.72. The van der Waals surface area contributed by atoms with Crippen molar-refractivity contribution in [2.45, 2.75) is 73.6 Å². The van der Waals surface area contributed by atoms with E-state index in [0.29, 0.717) is 18.5 Å². The number of hydrogen-bond acceptors (Lipinski definition) is 3. The van der Waals surface area contributed by atoms with E-state index in [1.165, 1.54) is 42.2 Å². The Balaban J connectivity index is 2.08. The van der Waals surface area contributed by atoms with Gasteiger partial charge in [0.15, 0.2) is 0 Å². The summed E-state index contributed by atoms with van der Waals surface area (Å²) in [6.07, 6.45) is 16.3. The predicted molar refractivity (Wildman–Crippen MR) is 153 cm³/mol. The van der Waals surface area contributed by atoms with E-state index in [1.54, 1.807) is 6.07 Å². The standard InChI is InChI=1S/C31H41N3O3/c1-7-10-28(35)33-24-15-16-25(30(32)37)27(20-24)34-29(36)19-22(3)12-8-11-21(2)14-17-26-23(4)13-9-18-31(26,5)6/h8,11-12,14-17,19-20H,7,9-10,13,18H2,1-6H3,(H2,32,37)(H,33,35)(H,34,36). The van der Waals surface area contributed by atoms with Gasteiger partial charge in [0.2, 0.25) is 11.8 Å². The van der Waals surface area contributed by atoms with Crippen LogP contribution < -0.4 is 16.4 Å². The average molecular weight is 504 g/mol. The van der Waals surface area contributed by atoms with Crippen molar-refractivity contribution < 1.29 is 14.4 Å². The third-order valence-corrected chi connectivity index (χ3v) is 6.44. The lowest BCUT2D eigenvalue weighted by Gasteiger charge is -2.32. The van der Waals surface area contributed by atoms with E-state index in [0.717, 1.165) is 17.6 Å². The van der Waals surface area contributed by atoms with Crippen LogP contribution in [0.4, 0.5) is 11.4 Å². The topological polar surface area (TPSA) is 101 Å². The summed E-state index contributed by atoms with van der Waals surface area (Å²) in [6.45, 7) is 12.6. The molecule has 1 aliphatic rings. The van der Waals surface area contributed by atoms with Crippen LogP contribution in [0.1, 0.15) is 84.0 Å². The fourth-order valence-electron chi connectivity index (χ4n) is 4.45. The molecule has 4 N–H and O–H groups in total. The molecule has 0 radical (unpaired) electrons. The van der Waals surface area contributed by atoms with E-state index in [1.807, 2.05) is 32.1 Å². The number of anilines is 2. The maximum Gasteiger partial charge on any atom is 0.250 e. The summed E-state index contributed by atoms with van der Waals surface area (Å²) in [4.78, 5) is 36.3. The first kappa shape index (κ1) is 29.6. The fourth-order valence-corrected chi connectivity index (χ4v) is 4.45. The minimum Gasteiger partial charge on any atom is -0.366 e. The minimum atomic E-state index is -0.668. The minimum absolute atomic E-state index is 0.139. The van der Waals surface area contributed by atoms with E-state index in [9.17, 15) is 14.4 Å². The molecule has 0 bridgehead atoms. The summed E-state index contributed by atoms with van der Waals surface area (Å²) >= 11 is 0. The van der Waals surface area contributed by atoms with Crippen molar-refractivity contribution in [2.75, 3.05) is 10.6 Å². The van der Waals surface area contributed by atoms with Gasteiger partial charge >= 0.3 is 0 Å². The summed E-state index contributed by atoms with van der Waals surface area (Å²) in [5.41, 5.74) is 11.3. The Hall–Kier alpha value is -3.67.